The molecule has 0 saturated heterocycles. The maximum absolute atomic E-state index is 13.0. The second kappa shape index (κ2) is 15.8. The maximum Gasteiger partial charge on any atom is 0.453 e. The number of rotatable bonds is 18. The average molecular weight is 629 g/mol. The van der Waals surface area contributed by atoms with Crippen molar-refractivity contribution < 1.29 is 46.8 Å². The first-order valence-corrected chi connectivity index (χ1v) is 15.7. The largest absolute Gasteiger partial charge is 0.508 e. The average Bonchev–Trinajstić information content (AvgIpc) is 2.95. The van der Waals surface area contributed by atoms with Crippen LogP contribution in [0.2, 0.25) is 0 Å². The van der Waals surface area contributed by atoms with Crippen LogP contribution < -0.4 is 4.74 Å². The lowest BCUT2D eigenvalue weighted by Gasteiger charge is -2.43. The monoisotopic (exact) mass is 628 g/mol. The molecule has 3 atom stereocenters. The summed E-state index contributed by atoms with van der Waals surface area (Å²) in [5.74, 6) is -4.87. The predicted octanol–water partition coefficient (Wildman–Crippen LogP) is 9.89. The van der Waals surface area contributed by atoms with E-state index in [-0.39, 0.29) is 35.7 Å². The molecule has 0 spiro atoms. The minimum atomic E-state index is -5.53. The third kappa shape index (κ3) is 9.73. The van der Waals surface area contributed by atoms with E-state index >= 15 is 0 Å². The Morgan fingerprint density at radius 2 is 1.39 bits per heavy atom. The lowest BCUT2D eigenvalue weighted by Crippen LogP contribution is -2.40. The lowest BCUT2D eigenvalue weighted by atomic mass is 9.66. The fourth-order valence-corrected chi connectivity index (χ4v) is 6.28. The second-order valence-corrected chi connectivity index (χ2v) is 12.4. The highest BCUT2D eigenvalue weighted by atomic mass is 19.4. The van der Waals surface area contributed by atoms with Crippen molar-refractivity contribution in [2.24, 2.45) is 5.92 Å². The smallest absolute Gasteiger partial charge is 0.453 e. The summed E-state index contributed by atoms with van der Waals surface area (Å²) in [5.41, 5.74) is 1.83. The molecule has 0 fully saturated rings. The number of ether oxygens (including phenoxy) is 1. The van der Waals surface area contributed by atoms with Gasteiger partial charge in [-0.1, -0.05) is 82.9 Å². The molecule has 0 saturated carbocycles. The maximum atomic E-state index is 13.0. The molecule has 1 aliphatic rings. The lowest BCUT2D eigenvalue weighted by molar-refractivity contribution is -0.284. The second-order valence-electron chi connectivity index (χ2n) is 12.4. The van der Waals surface area contributed by atoms with Crippen LogP contribution in [0.4, 0.5) is 22.0 Å². The number of carboxylic acid groups (broad SMARTS) is 1. The van der Waals surface area contributed by atoms with Gasteiger partial charge >= 0.3 is 18.1 Å². The van der Waals surface area contributed by atoms with Crippen molar-refractivity contribution in [3.05, 3.63) is 53.6 Å². The number of phenols is 2. The minimum Gasteiger partial charge on any atom is -0.508 e. The molecule has 2 aromatic rings. The number of fused-ring (bicyclic) bond motifs is 1. The predicted molar refractivity (Wildman–Crippen MR) is 159 cm³/mol. The highest BCUT2D eigenvalue weighted by Gasteiger charge is 2.56. The normalized spacial score (nSPS) is 19.3. The van der Waals surface area contributed by atoms with Gasteiger partial charge in [0.2, 0.25) is 0 Å². The molecule has 0 bridgehead atoms. The summed E-state index contributed by atoms with van der Waals surface area (Å²) in [6.45, 7) is 2.63. The van der Waals surface area contributed by atoms with E-state index < -0.39 is 30.4 Å². The number of carboxylic acids is 1. The Morgan fingerprint density at radius 3 is 1.98 bits per heavy atom. The third-order valence-corrected chi connectivity index (χ3v) is 9.05. The molecule has 3 rings (SSSR count). The first kappa shape index (κ1) is 35.4. The SMILES string of the molecule is C[C@]1(c2ccc(O)cc2)COc2cc(O)ccc2[C@H]1CCCCCCCCC(CCCCCCC(F)(F)C(F)(F)F)C(=O)O. The number of hydrogen-bond donors (Lipinski definition) is 3. The molecule has 1 heterocycles. The Hall–Kier alpha value is -3.04. The standard InChI is InChI=1S/C34H45F5O5/c1-32(25-15-17-26(40)18-16-25)23-44-30-22-27(41)19-20-28(30)29(32)14-10-5-3-2-4-8-12-24(31(42)43)13-9-6-7-11-21-33(35,36)34(37,38)39/h15-20,22,24,29,40-41H,2-14,21,23H2,1H3,(H,42,43)/t24?,29-,32-/m1/s1. The highest BCUT2D eigenvalue weighted by Crippen LogP contribution is 2.50. The van der Waals surface area contributed by atoms with Crippen LogP contribution in [-0.4, -0.2) is 40.0 Å². The molecular weight excluding hydrogens is 583 g/mol. The number of unbranched alkanes of at least 4 members (excludes halogenated alkanes) is 8. The number of hydrogen-bond acceptors (Lipinski definition) is 4. The summed E-state index contributed by atoms with van der Waals surface area (Å²) < 4.78 is 68.8. The van der Waals surface area contributed by atoms with Crippen LogP contribution in [-0.2, 0) is 10.2 Å². The number of carbonyl (C=O) groups is 1. The molecule has 1 aliphatic heterocycles. The van der Waals surface area contributed by atoms with Gasteiger partial charge in [0.15, 0.2) is 0 Å². The van der Waals surface area contributed by atoms with Gasteiger partial charge in [-0.3, -0.25) is 4.79 Å². The summed E-state index contributed by atoms with van der Waals surface area (Å²) in [6, 6.07) is 12.5. The highest BCUT2D eigenvalue weighted by molar-refractivity contribution is 5.69. The van der Waals surface area contributed by atoms with Crippen LogP contribution in [0.3, 0.4) is 0 Å². The van der Waals surface area contributed by atoms with E-state index in [9.17, 15) is 42.1 Å². The third-order valence-electron chi connectivity index (χ3n) is 9.05. The van der Waals surface area contributed by atoms with Crippen molar-refractivity contribution >= 4 is 5.97 Å². The quantitative estimate of drug-likeness (QED) is 0.113. The van der Waals surface area contributed by atoms with E-state index in [4.69, 9.17) is 4.74 Å². The van der Waals surface area contributed by atoms with E-state index in [1.807, 2.05) is 18.2 Å². The topological polar surface area (TPSA) is 87.0 Å². The summed E-state index contributed by atoms with van der Waals surface area (Å²) in [7, 11) is 0. The van der Waals surface area contributed by atoms with Crippen LogP contribution in [0.25, 0.3) is 0 Å². The van der Waals surface area contributed by atoms with Crippen LogP contribution in [0.5, 0.6) is 17.2 Å². The van der Waals surface area contributed by atoms with Crippen LogP contribution >= 0.6 is 0 Å². The molecule has 10 heteroatoms. The molecule has 0 aromatic heterocycles. The van der Waals surface area contributed by atoms with Gasteiger partial charge in [-0.2, -0.15) is 22.0 Å². The van der Waals surface area contributed by atoms with Gasteiger partial charge in [-0.25, -0.2) is 0 Å². The van der Waals surface area contributed by atoms with Gasteiger partial charge in [0.25, 0.3) is 0 Å². The summed E-state index contributed by atoms with van der Waals surface area (Å²) >= 11 is 0. The van der Waals surface area contributed by atoms with Crippen molar-refractivity contribution in [2.75, 3.05) is 6.61 Å². The number of benzene rings is 2. The van der Waals surface area contributed by atoms with E-state index in [0.717, 1.165) is 56.1 Å². The molecule has 2 aromatic carbocycles. The molecule has 0 aliphatic carbocycles. The zero-order valence-electron chi connectivity index (χ0n) is 25.4. The summed E-state index contributed by atoms with van der Waals surface area (Å²) in [4.78, 5) is 11.6. The number of halogens is 5. The fourth-order valence-electron chi connectivity index (χ4n) is 6.28. The minimum absolute atomic E-state index is 0.160. The number of aromatic hydroxyl groups is 2. The molecule has 5 nitrogen and oxygen atoms in total. The van der Waals surface area contributed by atoms with Gasteiger partial charge < -0.3 is 20.1 Å². The van der Waals surface area contributed by atoms with Crippen LogP contribution in [0, 0.1) is 5.92 Å². The first-order chi connectivity index (χ1) is 20.7. The molecule has 44 heavy (non-hydrogen) atoms. The van der Waals surface area contributed by atoms with E-state index in [1.54, 1.807) is 24.3 Å². The van der Waals surface area contributed by atoms with Gasteiger partial charge in [0, 0.05) is 23.8 Å². The van der Waals surface area contributed by atoms with E-state index in [0.29, 0.717) is 38.0 Å². The Balaban J connectivity index is 1.37. The molecular formula is C34H45F5O5. The van der Waals surface area contributed by atoms with Crippen molar-refractivity contribution in [3.63, 3.8) is 0 Å². The fraction of sp³-hybridized carbons (Fsp3) is 0.618. The Labute approximate surface area is 256 Å². The first-order valence-electron chi connectivity index (χ1n) is 15.7. The Morgan fingerprint density at radius 1 is 0.841 bits per heavy atom. The van der Waals surface area contributed by atoms with Crippen molar-refractivity contribution in [1.82, 2.24) is 0 Å². The molecule has 3 N–H and O–H groups in total. The van der Waals surface area contributed by atoms with Gasteiger partial charge in [-0.15, -0.1) is 0 Å². The zero-order chi connectivity index (χ0) is 32.4. The zero-order valence-corrected chi connectivity index (χ0v) is 25.4. The van der Waals surface area contributed by atoms with E-state index in [1.165, 1.54) is 0 Å². The number of phenolic OH excluding ortho intramolecular Hbond substituents is 2. The molecule has 1 unspecified atom stereocenters. The van der Waals surface area contributed by atoms with Gasteiger partial charge in [0.05, 0.1) is 12.5 Å². The Kier molecular flexibility index (Phi) is 12.7. The van der Waals surface area contributed by atoms with Crippen molar-refractivity contribution in [1.29, 1.82) is 0 Å². The molecule has 246 valence electrons. The van der Waals surface area contributed by atoms with Crippen molar-refractivity contribution in [2.45, 2.75) is 120 Å². The Bertz CT molecular complexity index is 1180. The van der Waals surface area contributed by atoms with Gasteiger partial charge in [-0.05, 0) is 55.0 Å². The van der Waals surface area contributed by atoms with Gasteiger partial charge in [0.1, 0.15) is 17.2 Å². The van der Waals surface area contributed by atoms with Crippen LogP contribution in [0.1, 0.15) is 114 Å². The van der Waals surface area contributed by atoms with E-state index in [2.05, 4.69) is 6.92 Å². The number of aliphatic carboxylic acids is 1. The molecule has 0 radical (unpaired) electrons. The summed E-state index contributed by atoms with van der Waals surface area (Å²) in [5, 5.41) is 29.3. The summed E-state index contributed by atoms with van der Waals surface area (Å²) in [6.07, 6.45) is 1.66. The van der Waals surface area contributed by atoms with Crippen LogP contribution in [0.15, 0.2) is 42.5 Å². The van der Waals surface area contributed by atoms with Crippen molar-refractivity contribution in [3.8, 4) is 17.2 Å². The molecule has 0 amide bonds. The number of alkyl halides is 5.